The topological polar surface area (TPSA) is 85.6 Å². The second kappa shape index (κ2) is 12.0. The van der Waals surface area contributed by atoms with Gasteiger partial charge in [-0.3, -0.25) is 4.68 Å². The van der Waals surface area contributed by atoms with Crippen molar-refractivity contribution in [2.45, 2.75) is 33.4 Å². The van der Waals surface area contributed by atoms with E-state index in [0.29, 0.717) is 25.6 Å². The summed E-state index contributed by atoms with van der Waals surface area (Å²) in [5.74, 6) is 2.96. The van der Waals surface area contributed by atoms with Crippen LogP contribution in [0.25, 0.3) is 0 Å². The maximum Gasteiger partial charge on any atom is 0.191 e. The van der Waals surface area contributed by atoms with Crippen molar-refractivity contribution in [3.05, 3.63) is 41.5 Å². The number of benzene rings is 1. The number of ether oxygens (including phenoxy) is 2. The Bertz CT molecular complexity index is 789. The maximum atomic E-state index is 6.12. The Labute approximate surface area is 189 Å². The zero-order valence-electron chi connectivity index (χ0n) is 17.4. The number of halogens is 1. The molecule has 160 valence electrons. The molecular weight excluding hydrogens is 483 g/mol. The molecule has 1 fully saturated rings. The minimum Gasteiger partial charge on any atom is -0.493 e. The van der Waals surface area contributed by atoms with Gasteiger partial charge in [-0.2, -0.15) is 5.10 Å². The summed E-state index contributed by atoms with van der Waals surface area (Å²) in [4.78, 5) is 8.94. The molecule has 1 aliphatic heterocycles. The summed E-state index contributed by atoms with van der Waals surface area (Å²) in [6, 6.07) is 6.27. The van der Waals surface area contributed by atoms with Crippen molar-refractivity contribution in [1.29, 1.82) is 0 Å². The maximum absolute atomic E-state index is 6.12. The predicted molar refractivity (Wildman–Crippen MR) is 124 cm³/mol. The lowest BCUT2D eigenvalue weighted by molar-refractivity contribution is 0.166. The number of guanidine groups is 1. The number of rotatable bonds is 8. The molecule has 1 atom stereocenters. The standard InChI is InChI=1S/C20H30N6O2.HI/c1-4-21-20(23-11-19-24-14-25-26(19)3)22-10-17-6-5-15(2)9-18(17)28-13-16-7-8-27-12-16;/h5-6,9,14,16H,4,7-8,10-13H2,1-3H3,(H2,21,22,23);1H. The largest absolute Gasteiger partial charge is 0.493 e. The predicted octanol–water partition coefficient (Wildman–Crippen LogP) is 2.41. The first-order valence-corrected chi connectivity index (χ1v) is 9.80. The average Bonchev–Trinajstić information content (AvgIpc) is 3.35. The van der Waals surface area contributed by atoms with Gasteiger partial charge in [0.2, 0.25) is 0 Å². The molecule has 0 amide bonds. The SMILES string of the molecule is CCNC(=NCc1ccc(C)cc1OCC1CCOC1)NCc1ncnn1C.I. The van der Waals surface area contributed by atoms with E-state index >= 15 is 0 Å². The van der Waals surface area contributed by atoms with Crippen LogP contribution in [-0.4, -0.2) is 47.1 Å². The van der Waals surface area contributed by atoms with Crippen LogP contribution in [0.15, 0.2) is 29.5 Å². The van der Waals surface area contributed by atoms with Crippen LogP contribution in [0.1, 0.15) is 30.3 Å². The molecule has 3 rings (SSSR count). The highest BCUT2D eigenvalue weighted by molar-refractivity contribution is 14.0. The van der Waals surface area contributed by atoms with E-state index in [1.54, 1.807) is 11.0 Å². The molecule has 1 aliphatic rings. The zero-order chi connectivity index (χ0) is 19.8. The average molecular weight is 514 g/mol. The molecule has 1 saturated heterocycles. The molecule has 1 aromatic heterocycles. The van der Waals surface area contributed by atoms with Crippen LogP contribution in [0.5, 0.6) is 5.75 Å². The number of nitrogens with zero attached hydrogens (tertiary/aromatic N) is 4. The quantitative estimate of drug-likeness (QED) is 0.320. The van der Waals surface area contributed by atoms with Gasteiger partial charge in [0.25, 0.3) is 0 Å². The van der Waals surface area contributed by atoms with Gasteiger partial charge in [-0.1, -0.05) is 12.1 Å². The molecule has 0 saturated carbocycles. The minimum absolute atomic E-state index is 0. The van der Waals surface area contributed by atoms with Crippen LogP contribution in [-0.2, 0) is 24.9 Å². The van der Waals surface area contributed by atoms with Gasteiger partial charge < -0.3 is 20.1 Å². The Morgan fingerprint density at radius 1 is 1.38 bits per heavy atom. The van der Waals surface area contributed by atoms with E-state index in [1.165, 1.54) is 5.56 Å². The van der Waals surface area contributed by atoms with Crippen molar-refractivity contribution in [2.75, 3.05) is 26.4 Å². The number of nitrogens with one attached hydrogen (secondary N) is 2. The van der Waals surface area contributed by atoms with E-state index < -0.39 is 0 Å². The summed E-state index contributed by atoms with van der Waals surface area (Å²) in [5, 5.41) is 10.7. The fraction of sp³-hybridized carbons (Fsp3) is 0.550. The fourth-order valence-corrected chi connectivity index (χ4v) is 3.00. The molecule has 2 N–H and O–H groups in total. The second-order valence-electron chi connectivity index (χ2n) is 7.00. The van der Waals surface area contributed by atoms with Crippen molar-refractivity contribution >= 4 is 29.9 Å². The Hall–Kier alpha value is -1.88. The van der Waals surface area contributed by atoms with Gasteiger partial charge in [-0.25, -0.2) is 9.98 Å². The molecule has 0 bridgehead atoms. The third-order valence-electron chi connectivity index (χ3n) is 4.69. The molecule has 29 heavy (non-hydrogen) atoms. The summed E-state index contributed by atoms with van der Waals surface area (Å²) in [5.41, 5.74) is 2.25. The lowest BCUT2D eigenvalue weighted by Gasteiger charge is -2.15. The highest BCUT2D eigenvalue weighted by atomic mass is 127. The molecule has 9 heteroatoms. The Morgan fingerprint density at radius 2 is 2.24 bits per heavy atom. The van der Waals surface area contributed by atoms with Crippen LogP contribution in [0.4, 0.5) is 0 Å². The van der Waals surface area contributed by atoms with Gasteiger partial charge in [0.1, 0.15) is 17.9 Å². The lowest BCUT2D eigenvalue weighted by atomic mass is 10.1. The van der Waals surface area contributed by atoms with Gasteiger partial charge in [-0.05, 0) is 31.9 Å². The molecule has 8 nitrogen and oxygen atoms in total. The van der Waals surface area contributed by atoms with Crippen LogP contribution < -0.4 is 15.4 Å². The molecule has 0 aliphatic carbocycles. The van der Waals surface area contributed by atoms with Crippen molar-refractivity contribution in [1.82, 2.24) is 25.4 Å². The first-order chi connectivity index (χ1) is 13.7. The summed E-state index contributed by atoms with van der Waals surface area (Å²) in [6.45, 7) is 8.30. The van der Waals surface area contributed by atoms with Crippen molar-refractivity contribution in [2.24, 2.45) is 18.0 Å². The molecular formula is C20H31IN6O2. The van der Waals surface area contributed by atoms with E-state index in [-0.39, 0.29) is 24.0 Å². The van der Waals surface area contributed by atoms with E-state index in [1.807, 2.05) is 14.0 Å². The lowest BCUT2D eigenvalue weighted by Crippen LogP contribution is -2.37. The highest BCUT2D eigenvalue weighted by Gasteiger charge is 2.17. The summed E-state index contributed by atoms with van der Waals surface area (Å²) in [6.07, 6.45) is 2.61. The second-order valence-corrected chi connectivity index (χ2v) is 7.00. The monoisotopic (exact) mass is 514 g/mol. The van der Waals surface area contributed by atoms with Gasteiger partial charge in [0, 0.05) is 31.7 Å². The molecule has 2 aromatic rings. The molecule has 0 radical (unpaired) electrons. The van der Waals surface area contributed by atoms with E-state index in [4.69, 9.17) is 14.5 Å². The van der Waals surface area contributed by atoms with Gasteiger partial charge in [-0.15, -0.1) is 24.0 Å². The first-order valence-electron chi connectivity index (χ1n) is 9.80. The number of aliphatic imine (C=N–C) groups is 1. The Kier molecular flexibility index (Phi) is 9.65. The highest BCUT2D eigenvalue weighted by Crippen LogP contribution is 2.23. The van der Waals surface area contributed by atoms with Crippen molar-refractivity contribution < 1.29 is 9.47 Å². The van der Waals surface area contributed by atoms with Crippen LogP contribution in [0.2, 0.25) is 0 Å². The van der Waals surface area contributed by atoms with Gasteiger partial charge in [0.15, 0.2) is 5.96 Å². The van der Waals surface area contributed by atoms with E-state index in [0.717, 1.165) is 49.3 Å². The fourth-order valence-electron chi connectivity index (χ4n) is 3.00. The number of aromatic nitrogens is 3. The molecule has 1 unspecified atom stereocenters. The zero-order valence-corrected chi connectivity index (χ0v) is 19.7. The number of hydrogen-bond acceptors (Lipinski definition) is 5. The third kappa shape index (κ3) is 7.14. The Morgan fingerprint density at radius 3 is 2.93 bits per heavy atom. The summed E-state index contributed by atoms with van der Waals surface area (Å²) in [7, 11) is 1.87. The Balaban J connectivity index is 0.00000300. The third-order valence-corrected chi connectivity index (χ3v) is 4.69. The minimum atomic E-state index is 0. The van der Waals surface area contributed by atoms with Crippen LogP contribution >= 0.6 is 24.0 Å². The number of hydrogen-bond donors (Lipinski definition) is 2. The first kappa shape index (κ1) is 23.4. The molecule has 2 heterocycles. The van der Waals surface area contributed by atoms with E-state index in [9.17, 15) is 0 Å². The van der Waals surface area contributed by atoms with Crippen LogP contribution in [0.3, 0.4) is 0 Å². The summed E-state index contributed by atoms with van der Waals surface area (Å²) < 4.78 is 13.3. The van der Waals surface area contributed by atoms with Crippen molar-refractivity contribution in [3.8, 4) is 5.75 Å². The summed E-state index contributed by atoms with van der Waals surface area (Å²) >= 11 is 0. The smallest absolute Gasteiger partial charge is 0.191 e. The van der Waals surface area contributed by atoms with E-state index in [2.05, 4.69) is 45.8 Å². The van der Waals surface area contributed by atoms with Crippen LogP contribution in [0, 0.1) is 12.8 Å². The molecule has 0 spiro atoms. The van der Waals surface area contributed by atoms with Gasteiger partial charge in [0.05, 0.1) is 26.3 Å². The van der Waals surface area contributed by atoms with Gasteiger partial charge >= 0.3 is 0 Å². The van der Waals surface area contributed by atoms with Crippen molar-refractivity contribution in [3.63, 3.8) is 0 Å². The molecule has 1 aromatic carbocycles. The normalized spacial score (nSPS) is 16.4. The number of aryl methyl sites for hydroxylation is 2.